The fourth-order valence-corrected chi connectivity index (χ4v) is 0.879. The summed E-state index contributed by atoms with van der Waals surface area (Å²) < 4.78 is 0. The molecule has 1 aliphatic rings. The smallest absolute Gasteiger partial charge is 0.0135 e. The average Bonchev–Trinajstić information content (AvgIpc) is 1.90. The summed E-state index contributed by atoms with van der Waals surface area (Å²) in [4.78, 5) is 0. The largest absolute Gasteiger partial charge is 0.365 e. The van der Waals surface area contributed by atoms with Crippen LogP contribution < -0.4 is 5.32 Å². The highest BCUT2D eigenvalue weighted by molar-refractivity contribution is 5.12. The van der Waals surface area contributed by atoms with Gasteiger partial charge in [0.25, 0.3) is 0 Å². The number of hydrogen-bond donors (Lipinski definition) is 1. The predicted octanol–water partition coefficient (Wildman–Crippen LogP) is 2.03. The molecule has 0 fully saturated rings. The summed E-state index contributed by atoms with van der Waals surface area (Å²) in [5, 5.41) is 3.20. The monoisotopic (exact) mass is 123 g/mol. The summed E-state index contributed by atoms with van der Waals surface area (Å²) in [6, 6.07) is 0. The molecular weight excluding hydrogens is 110 g/mol. The van der Waals surface area contributed by atoms with E-state index in [1.54, 1.807) is 0 Å². The number of hydrogen-bond acceptors (Lipinski definition) is 1. The minimum absolute atomic E-state index is 0.634. The Morgan fingerprint density at radius 3 is 2.67 bits per heavy atom. The molecule has 1 aliphatic heterocycles. The molecule has 0 aliphatic carbocycles. The quantitative estimate of drug-likeness (QED) is 0.562. The molecular formula is C8H13N. The Morgan fingerprint density at radius 1 is 1.56 bits per heavy atom. The SMILES string of the molecule is CC(C)C1=CCC=CN1. The van der Waals surface area contributed by atoms with Crippen LogP contribution in [0.15, 0.2) is 24.0 Å². The molecule has 0 bridgehead atoms. The van der Waals surface area contributed by atoms with Crippen LogP contribution in [0.2, 0.25) is 0 Å². The molecule has 9 heavy (non-hydrogen) atoms. The lowest BCUT2D eigenvalue weighted by atomic mass is 10.1. The normalized spacial score (nSPS) is 17.4. The van der Waals surface area contributed by atoms with Crippen LogP contribution in [0.25, 0.3) is 0 Å². The van der Waals surface area contributed by atoms with Gasteiger partial charge in [0.1, 0.15) is 0 Å². The van der Waals surface area contributed by atoms with E-state index in [0.717, 1.165) is 6.42 Å². The third-order valence-electron chi connectivity index (χ3n) is 1.46. The maximum absolute atomic E-state index is 3.20. The maximum atomic E-state index is 3.20. The van der Waals surface area contributed by atoms with Crippen molar-refractivity contribution in [1.29, 1.82) is 0 Å². The number of dihydropyridines is 1. The molecule has 0 saturated carbocycles. The first kappa shape index (κ1) is 6.40. The zero-order chi connectivity index (χ0) is 6.69. The zero-order valence-corrected chi connectivity index (χ0v) is 6.02. The Balaban J connectivity index is 2.50. The van der Waals surface area contributed by atoms with E-state index in [1.165, 1.54) is 5.70 Å². The second-order valence-electron chi connectivity index (χ2n) is 2.60. The summed E-state index contributed by atoms with van der Waals surface area (Å²) in [6.07, 6.45) is 7.44. The molecule has 0 amide bonds. The van der Waals surface area contributed by atoms with Gasteiger partial charge in [0.2, 0.25) is 0 Å². The van der Waals surface area contributed by atoms with E-state index in [1.807, 2.05) is 6.20 Å². The molecule has 0 aromatic heterocycles. The third-order valence-corrected chi connectivity index (χ3v) is 1.46. The Hall–Kier alpha value is -0.720. The first-order valence-electron chi connectivity index (χ1n) is 3.42. The van der Waals surface area contributed by atoms with E-state index >= 15 is 0 Å². The first-order valence-corrected chi connectivity index (χ1v) is 3.42. The van der Waals surface area contributed by atoms with Gasteiger partial charge in [-0.15, -0.1) is 0 Å². The lowest BCUT2D eigenvalue weighted by molar-refractivity contribution is 0.702. The van der Waals surface area contributed by atoms with Crippen molar-refractivity contribution < 1.29 is 0 Å². The summed E-state index contributed by atoms with van der Waals surface area (Å²) in [6.45, 7) is 4.38. The molecule has 50 valence electrons. The van der Waals surface area contributed by atoms with Gasteiger partial charge >= 0.3 is 0 Å². The fraction of sp³-hybridized carbons (Fsp3) is 0.500. The van der Waals surface area contributed by atoms with Gasteiger partial charge in [0, 0.05) is 5.70 Å². The van der Waals surface area contributed by atoms with Gasteiger partial charge in [-0.1, -0.05) is 26.0 Å². The highest BCUT2D eigenvalue weighted by atomic mass is 14.9. The molecule has 1 N–H and O–H groups in total. The predicted molar refractivity (Wildman–Crippen MR) is 39.8 cm³/mol. The summed E-state index contributed by atoms with van der Waals surface area (Å²) in [5.41, 5.74) is 1.34. The molecule has 0 spiro atoms. The minimum atomic E-state index is 0.634. The van der Waals surface area contributed by atoms with Crippen molar-refractivity contribution in [3.8, 4) is 0 Å². The van der Waals surface area contributed by atoms with Crippen LogP contribution in [0.1, 0.15) is 20.3 Å². The van der Waals surface area contributed by atoms with Crippen molar-refractivity contribution in [2.24, 2.45) is 5.92 Å². The van der Waals surface area contributed by atoms with Crippen LogP contribution in [-0.2, 0) is 0 Å². The Bertz CT molecular complexity index is 143. The minimum Gasteiger partial charge on any atom is -0.365 e. The molecule has 0 unspecified atom stereocenters. The second-order valence-corrected chi connectivity index (χ2v) is 2.60. The van der Waals surface area contributed by atoms with E-state index in [-0.39, 0.29) is 0 Å². The van der Waals surface area contributed by atoms with Crippen LogP contribution in [0, 0.1) is 5.92 Å². The number of rotatable bonds is 1. The van der Waals surface area contributed by atoms with Gasteiger partial charge in [0.15, 0.2) is 0 Å². The molecule has 0 saturated heterocycles. The Morgan fingerprint density at radius 2 is 2.33 bits per heavy atom. The standard InChI is InChI=1S/C8H13N/c1-7(2)8-5-3-4-6-9-8/h4-7,9H,3H2,1-2H3. The molecule has 1 heteroatoms. The third kappa shape index (κ3) is 1.60. The summed E-state index contributed by atoms with van der Waals surface area (Å²) in [7, 11) is 0. The molecule has 0 aromatic rings. The average molecular weight is 123 g/mol. The van der Waals surface area contributed by atoms with Crippen molar-refractivity contribution in [3.63, 3.8) is 0 Å². The lowest BCUT2D eigenvalue weighted by Crippen LogP contribution is -2.12. The van der Waals surface area contributed by atoms with Crippen molar-refractivity contribution in [2.75, 3.05) is 0 Å². The van der Waals surface area contributed by atoms with Crippen molar-refractivity contribution in [3.05, 3.63) is 24.0 Å². The van der Waals surface area contributed by atoms with Crippen molar-refractivity contribution in [2.45, 2.75) is 20.3 Å². The van der Waals surface area contributed by atoms with E-state index in [9.17, 15) is 0 Å². The highest BCUT2D eigenvalue weighted by Crippen LogP contribution is 2.09. The van der Waals surface area contributed by atoms with Crippen LogP contribution in [0.5, 0.6) is 0 Å². The molecule has 1 rings (SSSR count). The molecule has 0 atom stereocenters. The highest BCUT2D eigenvalue weighted by Gasteiger charge is 2.00. The fourth-order valence-electron chi connectivity index (χ4n) is 0.879. The van der Waals surface area contributed by atoms with Gasteiger partial charge in [-0.3, -0.25) is 0 Å². The van der Waals surface area contributed by atoms with Crippen LogP contribution in [0.3, 0.4) is 0 Å². The van der Waals surface area contributed by atoms with E-state index in [2.05, 4.69) is 31.3 Å². The molecule has 1 heterocycles. The first-order chi connectivity index (χ1) is 4.30. The number of nitrogens with one attached hydrogen (secondary N) is 1. The van der Waals surface area contributed by atoms with Crippen molar-refractivity contribution >= 4 is 0 Å². The van der Waals surface area contributed by atoms with Gasteiger partial charge in [0.05, 0.1) is 0 Å². The molecule has 0 aromatic carbocycles. The molecule has 1 nitrogen and oxygen atoms in total. The van der Waals surface area contributed by atoms with Gasteiger partial charge in [-0.25, -0.2) is 0 Å². The lowest BCUT2D eigenvalue weighted by Gasteiger charge is -2.13. The summed E-state index contributed by atoms with van der Waals surface area (Å²) >= 11 is 0. The van der Waals surface area contributed by atoms with Gasteiger partial charge < -0.3 is 5.32 Å². The maximum Gasteiger partial charge on any atom is 0.0135 e. The Kier molecular flexibility index (Phi) is 1.93. The van der Waals surface area contributed by atoms with E-state index in [0.29, 0.717) is 5.92 Å². The second kappa shape index (κ2) is 2.72. The van der Waals surface area contributed by atoms with E-state index < -0.39 is 0 Å². The van der Waals surface area contributed by atoms with Gasteiger partial charge in [-0.2, -0.15) is 0 Å². The topological polar surface area (TPSA) is 12.0 Å². The van der Waals surface area contributed by atoms with Crippen LogP contribution in [0.4, 0.5) is 0 Å². The van der Waals surface area contributed by atoms with Crippen molar-refractivity contribution in [1.82, 2.24) is 5.32 Å². The number of allylic oxidation sites excluding steroid dienone is 3. The van der Waals surface area contributed by atoms with Crippen LogP contribution in [-0.4, -0.2) is 0 Å². The zero-order valence-electron chi connectivity index (χ0n) is 6.02. The molecule has 0 radical (unpaired) electrons. The van der Waals surface area contributed by atoms with E-state index in [4.69, 9.17) is 0 Å². The van der Waals surface area contributed by atoms with Gasteiger partial charge in [-0.05, 0) is 18.5 Å². The summed E-state index contributed by atoms with van der Waals surface area (Å²) in [5.74, 6) is 0.634. The Labute approximate surface area is 56.5 Å². The van der Waals surface area contributed by atoms with Crippen LogP contribution >= 0.6 is 0 Å².